The van der Waals surface area contributed by atoms with Gasteiger partial charge in [-0.1, -0.05) is 13.0 Å². The predicted molar refractivity (Wildman–Crippen MR) is 73.3 cm³/mol. The van der Waals surface area contributed by atoms with E-state index in [2.05, 4.69) is 10.3 Å². The molecule has 2 N–H and O–H groups in total. The van der Waals surface area contributed by atoms with Crippen LogP contribution in [-0.4, -0.2) is 33.0 Å². The van der Waals surface area contributed by atoms with Gasteiger partial charge < -0.3 is 10.4 Å². The molecule has 2 heterocycles. The third kappa shape index (κ3) is 2.61. The van der Waals surface area contributed by atoms with Crippen LogP contribution in [0.5, 0.6) is 0 Å². The number of imidazole rings is 1. The van der Waals surface area contributed by atoms with Crippen molar-refractivity contribution < 1.29 is 9.90 Å². The highest BCUT2D eigenvalue weighted by Crippen LogP contribution is 2.16. The second kappa shape index (κ2) is 5.40. The molecule has 1 amide bonds. The number of carbonyl (C=O) groups is 1. The Morgan fingerprint density at radius 2 is 2.32 bits per heavy atom. The normalized spacial score (nSPS) is 12.6. The van der Waals surface area contributed by atoms with Gasteiger partial charge in [-0.05, 0) is 31.9 Å². The molecular formula is C14H19N3O2. The summed E-state index contributed by atoms with van der Waals surface area (Å²) in [4.78, 5) is 16.8. The lowest BCUT2D eigenvalue weighted by molar-refractivity contribution is 0.0917. The largest absolute Gasteiger partial charge is 0.392 e. The second-order valence-electron chi connectivity index (χ2n) is 4.70. The Hall–Kier alpha value is -1.88. The van der Waals surface area contributed by atoms with Gasteiger partial charge in [-0.15, -0.1) is 0 Å². The summed E-state index contributed by atoms with van der Waals surface area (Å²) in [5.41, 5.74) is 3.17. The summed E-state index contributed by atoms with van der Waals surface area (Å²) < 4.78 is 1.81. The van der Waals surface area contributed by atoms with Crippen LogP contribution in [0.1, 0.15) is 35.6 Å². The van der Waals surface area contributed by atoms with Crippen LogP contribution in [0.4, 0.5) is 0 Å². The Bertz CT molecular complexity index is 602. The van der Waals surface area contributed by atoms with Crippen LogP contribution in [0.2, 0.25) is 0 Å². The van der Waals surface area contributed by atoms with E-state index < -0.39 is 6.10 Å². The van der Waals surface area contributed by atoms with E-state index in [0.717, 1.165) is 16.9 Å². The van der Waals surface area contributed by atoms with Gasteiger partial charge in [0.05, 0.1) is 11.8 Å². The van der Waals surface area contributed by atoms with Crippen molar-refractivity contribution in [2.24, 2.45) is 0 Å². The lowest BCUT2D eigenvalue weighted by Crippen LogP contribution is -2.32. The van der Waals surface area contributed by atoms with Crippen LogP contribution in [0.25, 0.3) is 5.65 Å². The maximum Gasteiger partial charge on any atom is 0.270 e. The van der Waals surface area contributed by atoms with E-state index in [4.69, 9.17) is 0 Å². The van der Waals surface area contributed by atoms with Crippen LogP contribution in [0, 0.1) is 6.92 Å². The Balaban J connectivity index is 2.46. The number of carbonyl (C=O) groups excluding carboxylic acids is 1. The first kappa shape index (κ1) is 13.5. The molecule has 2 aromatic rings. The summed E-state index contributed by atoms with van der Waals surface area (Å²) in [5, 5.41) is 12.0. The molecule has 0 radical (unpaired) electrons. The zero-order valence-corrected chi connectivity index (χ0v) is 11.5. The Morgan fingerprint density at radius 3 is 2.95 bits per heavy atom. The summed E-state index contributed by atoms with van der Waals surface area (Å²) >= 11 is 0. The number of hydrogen-bond donors (Lipinski definition) is 2. The van der Waals surface area contributed by atoms with Gasteiger partial charge in [-0.25, -0.2) is 4.98 Å². The van der Waals surface area contributed by atoms with Crippen molar-refractivity contribution in [2.45, 2.75) is 33.3 Å². The van der Waals surface area contributed by atoms with Crippen molar-refractivity contribution >= 4 is 11.6 Å². The summed E-state index contributed by atoms with van der Waals surface area (Å²) in [7, 11) is 0. The zero-order chi connectivity index (χ0) is 14.0. The van der Waals surface area contributed by atoms with Gasteiger partial charge in [-0.2, -0.15) is 0 Å². The van der Waals surface area contributed by atoms with Gasteiger partial charge in [0.25, 0.3) is 5.91 Å². The van der Waals surface area contributed by atoms with Crippen molar-refractivity contribution in [3.05, 3.63) is 35.3 Å². The first-order chi connectivity index (χ1) is 9.04. The molecule has 0 aromatic carbocycles. The van der Waals surface area contributed by atoms with E-state index in [0.29, 0.717) is 12.1 Å². The fourth-order valence-electron chi connectivity index (χ4n) is 2.06. The van der Waals surface area contributed by atoms with E-state index in [1.54, 1.807) is 6.92 Å². The number of fused-ring (bicyclic) bond motifs is 1. The molecule has 102 valence electrons. The quantitative estimate of drug-likeness (QED) is 0.872. The molecule has 19 heavy (non-hydrogen) atoms. The molecule has 1 atom stereocenters. The molecule has 2 aromatic heterocycles. The van der Waals surface area contributed by atoms with Gasteiger partial charge in [0.2, 0.25) is 0 Å². The summed E-state index contributed by atoms with van der Waals surface area (Å²) in [6.07, 6.45) is 1.97. The smallest absolute Gasteiger partial charge is 0.270 e. The van der Waals surface area contributed by atoms with Gasteiger partial charge in [0.15, 0.2) is 0 Å². The number of amides is 1. The molecule has 0 bridgehead atoms. The topological polar surface area (TPSA) is 66.6 Å². The van der Waals surface area contributed by atoms with Gasteiger partial charge in [0.1, 0.15) is 11.3 Å². The molecule has 0 fully saturated rings. The number of aromatic nitrogens is 2. The fraction of sp³-hybridized carbons (Fsp3) is 0.429. The van der Waals surface area contributed by atoms with Gasteiger partial charge in [0, 0.05) is 12.7 Å². The van der Waals surface area contributed by atoms with Crippen molar-refractivity contribution in [3.8, 4) is 0 Å². The molecule has 0 aliphatic carbocycles. The molecule has 0 spiro atoms. The van der Waals surface area contributed by atoms with E-state index in [1.165, 1.54) is 0 Å². The maximum atomic E-state index is 12.2. The number of rotatable bonds is 4. The molecule has 5 heteroatoms. The second-order valence-corrected chi connectivity index (χ2v) is 4.70. The van der Waals surface area contributed by atoms with Crippen molar-refractivity contribution in [1.82, 2.24) is 14.7 Å². The standard InChI is InChI=1S/C14H19N3O2/c1-4-11-12(14(19)15-8-10(3)18)17-7-5-6-9(2)13(17)16-11/h5-7,10,18H,4,8H2,1-3H3,(H,15,19). The number of nitrogens with zero attached hydrogens (tertiary/aromatic N) is 2. The SMILES string of the molecule is CCc1nc2c(C)cccn2c1C(=O)NCC(C)O. The van der Waals surface area contributed by atoms with Crippen molar-refractivity contribution in [2.75, 3.05) is 6.54 Å². The summed E-state index contributed by atoms with van der Waals surface area (Å²) in [6.45, 7) is 5.82. The molecule has 0 aliphatic rings. The Labute approximate surface area is 112 Å². The lowest BCUT2D eigenvalue weighted by Gasteiger charge is -2.08. The van der Waals surface area contributed by atoms with Crippen LogP contribution in [0.3, 0.4) is 0 Å². The number of aryl methyl sites for hydroxylation is 2. The van der Waals surface area contributed by atoms with Crippen LogP contribution < -0.4 is 5.32 Å². The number of hydrogen-bond acceptors (Lipinski definition) is 3. The van der Waals surface area contributed by atoms with E-state index in [-0.39, 0.29) is 12.5 Å². The molecule has 0 saturated heterocycles. The molecule has 0 aliphatic heterocycles. The highest BCUT2D eigenvalue weighted by atomic mass is 16.3. The van der Waals surface area contributed by atoms with Crippen molar-refractivity contribution in [1.29, 1.82) is 0 Å². The third-order valence-corrected chi connectivity index (χ3v) is 3.03. The summed E-state index contributed by atoms with van der Waals surface area (Å²) in [5.74, 6) is -0.198. The average Bonchev–Trinajstić information content (AvgIpc) is 2.76. The number of aliphatic hydroxyl groups excluding tert-OH is 1. The first-order valence-electron chi connectivity index (χ1n) is 6.47. The molecular weight excluding hydrogens is 242 g/mol. The highest BCUT2D eigenvalue weighted by Gasteiger charge is 2.18. The van der Waals surface area contributed by atoms with Crippen LogP contribution in [0.15, 0.2) is 18.3 Å². The van der Waals surface area contributed by atoms with Gasteiger partial charge in [-0.3, -0.25) is 9.20 Å². The Morgan fingerprint density at radius 1 is 1.58 bits per heavy atom. The minimum absolute atomic E-state index is 0.198. The lowest BCUT2D eigenvalue weighted by atomic mass is 10.2. The fourth-order valence-corrected chi connectivity index (χ4v) is 2.06. The van der Waals surface area contributed by atoms with E-state index in [9.17, 15) is 9.90 Å². The number of pyridine rings is 1. The molecule has 1 unspecified atom stereocenters. The van der Waals surface area contributed by atoms with Gasteiger partial charge >= 0.3 is 0 Å². The maximum absolute atomic E-state index is 12.2. The van der Waals surface area contributed by atoms with Crippen molar-refractivity contribution in [3.63, 3.8) is 0 Å². The zero-order valence-electron chi connectivity index (χ0n) is 11.5. The monoisotopic (exact) mass is 261 g/mol. The molecule has 0 saturated carbocycles. The highest BCUT2D eigenvalue weighted by molar-refractivity contribution is 5.94. The van der Waals surface area contributed by atoms with Crippen LogP contribution in [-0.2, 0) is 6.42 Å². The molecule has 2 rings (SSSR count). The predicted octanol–water partition coefficient (Wildman–Crippen LogP) is 1.32. The summed E-state index contributed by atoms with van der Waals surface area (Å²) in [6, 6.07) is 3.87. The van der Waals surface area contributed by atoms with Crippen LogP contribution >= 0.6 is 0 Å². The van der Waals surface area contributed by atoms with E-state index in [1.807, 2.05) is 36.6 Å². The number of aliphatic hydroxyl groups is 1. The van der Waals surface area contributed by atoms with E-state index >= 15 is 0 Å². The third-order valence-electron chi connectivity index (χ3n) is 3.03. The average molecular weight is 261 g/mol. The number of nitrogens with one attached hydrogen (secondary N) is 1. The minimum Gasteiger partial charge on any atom is -0.392 e. The minimum atomic E-state index is -0.560. The Kier molecular flexibility index (Phi) is 3.85. The first-order valence-corrected chi connectivity index (χ1v) is 6.47. The molecule has 5 nitrogen and oxygen atoms in total.